The molecule has 3 atom stereocenters. The highest BCUT2D eigenvalue weighted by Crippen LogP contribution is 2.28. The van der Waals surface area contributed by atoms with E-state index in [0.717, 1.165) is 24.2 Å². The topological polar surface area (TPSA) is 165 Å². The lowest BCUT2D eigenvalue weighted by atomic mass is 10.0. The third-order valence-electron chi connectivity index (χ3n) is 7.84. The molecule has 49 heavy (non-hydrogen) atoms. The maximum atomic E-state index is 13.9. The maximum Gasteiger partial charge on any atom is 0.430 e. The van der Waals surface area contributed by atoms with E-state index in [9.17, 15) is 32.7 Å². The van der Waals surface area contributed by atoms with Gasteiger partial charge in [0.2, 0.25) is 5.91 Å². The van der Waals surface area contributed by atoms with Crippen molar-refractivity contribution in [2.45, 2.75) is 57.5 Å². The third kappa shape index (κ3) is 11.7. The number of nitrogens with two attached hydrogens (primary N) is 1. The average molecular weight is 706 g/mol. The molecule has 1 unspecified atom stereocenters. The summed E-state index contributed by atoms with van der Waals surface area (Å²) in [5, 5.41) is 25.0. The number of phenols is 1. The number of quaternary nitrogens is 1. The molecule has 1 fully saturated rings. The van der Waals surface area contributed by atoms with E-state index in [-0.39, 0.29) is 30.2 Å². The summed E-state index contributed by atoms with van der Waals surface area (Å²) < 4.78 is 32.2. The number of carbonyl (C=O) groups is 4. The predicted molar refractivity (Wildman–Crippen MR) is 175 cm³/mol. The van der Waals surface area contributed by atoms with E-state index >= 15 is 0 Å². The Hall–Kier alpha value is -4.82. The zero-order valence-corrected chi connectivity index (χ0v) is 27.9. The number of urea groups is 1. The number of carbonyl (C=O) groups excluding carboxylic acids is 4. The SMILES string of the molecule is CC(C)NC(=O)c1ccc(NC(=O)N([C@@H]2CC[N+](C)(Cc3ccc(Cl)cc3)C2)[C@@H](Cc2ccc(O)cc2)C(N)=O)cc1.O=C([O-])C(F)(F)F. The van der Waals surface area contributed by atoms with Gasteiger partial charge in [-0.05, 0) is 67.9 Å². The number of alkyl halides is 3. The number of primary amides is 1. The minimum Gasteiger partial charge on any atom is -0.542 e. The molecule has 1 aliphatic rings. The molecule has 0 radical (unpaired) electrons. The van der Waals surface area contributed by atoms with E-state index in [2.05, 4.69) is 17.7 Å². The molecule has 0 aliphatic carbocycles. The lowest BCUT2D eigenvalue weighted by molar-refractivity contribution is -0.911. The van der Waals surface area contributed by atoms with Crippen LogP contribution >= 0.6 is 11.6 Å². The summed E-state index contributed by atoms with van der Waals surface area (Å²) in [5.74, 6) is -3.71. The first-order valence-electron chi connectivity index (χ1n) is 15.3. The molecule has 5 N–H and O–H groups in total. The first-order valence-corrected chi connectivity index (χ1v) is 15.7. The quantitative estimate of drug-likeness (QED) is 0.234. The van der Waals surface area contributed by atoms with Gasteiger partial charge in [-0.2, -0.15) is 13.2 Å². The predicted octanol–water partition coefficient (Wildman–Crippen LogP) is 3.83. The lowest BCUT2D eigenvalue weighted by Crippen LogP contribution is -2.56. The number of amides is 4. The fourth-order valence-electron chi connectivity index (χ4n) is 5.54. The lowest BCUT2D eigenvalue weighted by Gasteiger charge is -2.36. The zero-order valence-electron chi connectivity index (χ0n) is 27.2. The van der Waals surface area contributed by atoms with Crippen molar-refractivity contribution in [2.24, 2.45) is 5.73 Å². The number of likely N-dealkylation sites (N-methyl/N-ethyl adjacent to an activating group) is 1. The fraction of sp³-hybridized carbons (Fsp3) is 0.353. The molecule has 3 aromatic rings. The van der Waals surface area contributed by atoms with Crippen molar-refractivity contribution in [3.05, 3.63) is 94.5 Å². The minimum absolute atomic E-state index is 0.0000530. The number of halogens is 4. The highest BCUT2D eigenvalue weighted by Gasteiger charge is 2.43. The van der Waals surface area contributed by atoms with Gasteiger partial charge >= 0.3 is 12.2 Å². The van der Waals surface area contributed by atoms with Gasteiger partial charge in [-0.25, -0.2) is 4.79 Å². The Labute approximate surface area is 287 Å². The van der Waals surface area contributed by atoms with Crippen LogP contribution in [0.3, 0.4) is 0 Å². The number of hydrogen-bond donors (Lipinski definition) is 4. The Morgan fingerprint density at radius 1 is 1.00 bits per heavy atom. The summed E-state index contributed by atoms with van der Waals surface area (Å²) in [5.41, 5.74) is 8.82. The monoisotopic (exact) mass is 705 g/mol. The van der Waals surface area contributed by atoms with Gasteiger partial charge in [0.25, 0.3) is 5.91 Å². The molecule has 4 rings (SSSR count). The van der Waals surface area contributed by atoms with Crippen molar-refractivity contribution >= 4 is 41.1 Å². The van der Waals surface area contributed by atoms with E-state index in [4.69, 9.17) is 27.2 Å². The Morgan fingerprint density at radius 3 is 2.06 bits per heavy atom. The number of benzene rings is 3. The van der Waals surface area contributed by atoms with E-state index in [1.807, 2.05) is 38.1 Å². The van der Waals surface area contributed by atoms with Crippen LogP contribution in [0.5, 0.6) is 5.75 Å². The molecule has 1 saturated heterocycles. The van der Waals surface area contributed by atoms with Gasteiger partial charge in [-0.1, -0.05) is 35.9 Å². The van der Waals surface area contributed by atoms with Crippen molar-refractivity contribution in [3.8, 4) is 5.75 Å². The molecule has 1 aliphatic heterocycles. The summed E-state index contributed by atoms with van der Waals surface area (Å²) in [6.45, 7) is 5.96. The summed E-state index contributed by atoms with van der Waals surface area (Å²) >= 11 is 6.08. The second kappa shape index (κ2) is 16.5. The van der Waals surface area contributed by atoms with Crippen LogP contribution in [0.25, 0.3) is 0 Å². The Balaban J connectivity index is 0.000000838. The summed E-state index contributed by atoms with van der Waals surface area (Å²) in [7, 11) is 2.14. The number of likely N-dealkylation sites (tertiary alicyclic amines) is 1. The number of hydrogen-bond acceptors (Lipinski definition) is 6. The smallest absolute Gasteiger partial charge is 0.430 e. The second-order valence-electron chi connectivity index (χ2n) is 12.4. The summed E-state index contributed by atoms with van der Waals surface area (Å²) in [6.07, 6.45) is -4.31. The fourth-order valence-corrected chi connectivity index (χ4v) is 5.67. The third-order valence-corrected chi connectivity index (χ3v) is 8.09. The van der Waals surface area contributed by atoms with Crippen LogP contribution in [0.4, 0.5) is 23.7 Å². The number of aromatic hydroxyl groups is 1. The standard InChI is InChI=1S/C32H38ClN5O4.C2HF3O2/c1-21(2)35-31(41)24-8-12-26(13-9-24)36-32(42)37(29(30(34)40)18-22-6-14-28(39)15-7-22)27-16-17-38(3,20-27)19-23-4-10-25(33)11-5-23;3-2(4,5)1(6)7/h4-15,21,27,29H,16-20H2,1-3H3,(H4-,34,35,36,39,40,41,42);(H,6,7)/t27-,29+,38?;/m1./s1. The van der Waals surface area contributed by atoms with E-state index in [1.165, 1.54) is 0 Å². The van der Waals surface area contributed by atoms with Gasteiger partial charge in [-0.15, -0.1) is 0 Å². The number of nitrogens with zero attached hydrogens (tertiary/aromatic N) is 2. The molecule has 15 heteroatoms. The van der Waals surface area contributed by atoms with Crippen molar-refractivity contribution in [1.29, 1.82) is 0 Å². The van der Waals surface area contributed by atoms with Gasteiger partial charge in [-0.3, -0.25) is 9.59 Å². The molecule has 0 bridgehead atoms. The van der Waals surface area contributed by atoms with Gasteiger partial charge in [0.1, 0.15) is 24.3 Å². The Kier molecular flexibility index (Phi) is 13.0. The molecule has 0 spiro atoms. The van der Waals surface area contributed by atoms with E-state index in [0.29, 0.717) is 33.7 Å². The van der Waals surface area contributed by atoms with Crippen molar-refractivity contribution in [3.63, 3.8) is 0 Å². The minimum atomic E-state index is -5.19. The van der Waals surface area contributed by atoms with E-state index in [1.54, 1.807) is 53.4 Å². The number of rotatable bonds is 10. The van der Waals surface area contributed by atoms with Crippen LogP contribution in [0, 0.1) is 0 Å². The van der Waals surface area contributed by atoms with Crippen LogP contribution in [-0.2, 0) is 22.6 Å². The van der Waals surface area contributed by atoms with Crippen LogP contribution < -0.4 is 21.5 Å². The summed E-state index contributed by atoms with van der Waals surface area (Å²) in [6, 6.07) is 19.3. The molecule has 0 aromatic heterocycles. The summed E-state index contributed by atoms with van der Waals surface area (Å²) in [4.78, 5) is 49.6. The molecule has 0 saturated carbocycles. The van der Waals surface area contributed by atoms with Crippen molar-refractivity contribution in [2.75, 3.05) is 25.5 Å². The van der Waals surface area contributed by atoms with Crippen molar-refractivity contribution in [1.82, 2.24) is 10.2 Å². The van der Waals surface area contributed by atoms with Crippen LogP contribution in [0.15, 0.2) is 72.8 Å². The van der Waals surface area contributed by atoms with Crippen molar-refractivity contribution < 1.29 is 47.0 Å². The zero-order chi connectivity index (χ0) is 36.5. The van der Waals surface area contributed by atoms with Crippen LogP contribution in [-0.4, -0.2) is 82.7 Å². The number of carboxylic acid groups (broad SMARTS) is 1. The highest BCUT2D eigenvalue weighted by atomic mass is 35.5. The average Bonchev–Trinajstić information content (AvgIpc) is 3.39. The highest BCUT2D eigenvalue weighted by molar-refractivity contribution is 6.30. The Bertz CT molecular complexity index is 1600. The molecule has 3 aromatic carbocycles. The van der Waals surface area contributed by atoms with Crippen LogP contribution in [0.2, 0.25) is 5.02 Å². The molecule has 1 heterocycles. The number of nitrogens with one attached hydrogen (secondary N) is 2. The maximum absolute atomic E-state index is 13.9. The van der Waals surface area contributed by atoms with Gasteiger partial charge in [0.15, 0.2) is 0 Å². The van der Waals surface area contributed by atoms with Crippen LogP contribution in [0.1, 0.15) is 41.8 Å². The first-order chi connectivity index (χ1) is 22.9. The number of aliphatic carboxylic acids is 1. The number of carboxylic acids is 1. The van der Waals surface area contributed by atoms with E-state index < -0.39 is 30.1 Å². The van der Waals surface area contributed by atoms with Gasteiger partial charge in [0.05, 0.1) is 26.2 Å². The Morgan fingerprint density at radius 2 is 1.55 bits per heavy atom. The van der Waals surface area contributed by atoms with Gasteiger partial charge in [0, 0.05) is 40.7 Å². The van der Waals surface area contributed by atoms with Gasteiger partial charge < -0.3 is 40.8 Å². The molecule has 11 nitrogen and oxygen atoms in total. The molecule has 264 valence electrons. The molecular formula is C34H39ClF3N5O6. The molecular weight excluding hydrogens is 667 g/mol. The number of phenolic OH excluding ortho intramolecular Hbond substituents is 1. The number of anilines is 1. The first kappa shape index (κ1) is 38.6. The second-order valence-corrected chi connectivity index (χ2v) is 12.8. The molecule has 4 amide bonds. The largest absolute Gasteiger partial charge is 0.542 e. The normalized spacial score (nSPS) is 17.8.